The average molecular weight is 315 g/mol. The van der Waals surface area contributed by atoms with E-state index in [0.29, 0.717) is 18.1 Å². The molecular weight excluding hydrogens is 294 g/mol. The third kappa shape index (κ3) is 2.22. The first kappa shape index (κ1) is 14.6. The highest BCUT2D eigenvalue weighted by Gasteiger charge is 2.53. The normalized spacial score (nSPS) is 29.1. The minimum Gasteiger partial charge on any atom is -0.492 e. The molecule has 2 aliphatic heterocycles. The fraction of sp³-hybridized carbons (Fsp3) is 0.500. The molecule has 3 atom stereocenters. The Morgan fingerprint density at radius 3 is 2.91 bits per heavy atom. The van der Waals surface area contributed by atoms with E-state index in [-0.39, 0.29) is 18.1 Å². The van der Waals surface area contributed by atoms with Gasteiger partial charge in [0.25, 0.3) is 0 Å². The van der Waals surface area contributed by atoms with Crippen LogP contribution in [-0.2, 0) is 16.1 Å². The summed E-state index contributed by atoms with van der Waals surface area (Å²) in [5.74, 6) is 1.37. The van der Waals surface area contributed by atoms with Crippen molar-refractivity contribution in [3.63, 3.8) is 0 Å². The van der Waals surface area contributed by atoms with Crippen molar-refractivity contribution < 1.29 is 18.7 Å². The monoisotopic (exact) mass is 315 g/mol. The van der Waals surface area contributed by atoms with Crippen molar-refractivity contribution in [1.29, 1.82) is 0 Å². The van der Waals surface area contributed by atoms with Gasteiger partial charge in [0.05, 0.1) is 36.7 Å². The Labute approximate surface area is 134 Å². The first-order chi connectivity index (χ1) is 11.1. The van der Waals surface area contributed by atoms with Gasteiger partial charge in [-0.3, -0.25) is 4.79 Å². The molecule has 2 bridgehead atoms. The maximum Gasteiger partial charge on any atom is 0.229 e. The number of rotatable bonds is 4. The molecular formula is C18H21NO4. The maximum atomic E-state index is 12.7. The molecule has 2 saturated heterocycles. The fourth-order valence-electron chi connectivity index (χ4n) is 3.94. The minimum atomic E-state index is -0.428. The van der Waals surface area contributed by atoms with Crippen LogP contribution in [0.3, 0.4) is 0 Å². The quantitative estimate of drug-likeness (QED) is 0.942. The second-order valence-electron chi connectivity index (χ2n) is 6.68. The second kappa shape index (κ2) is 5.27. The van der Waals surface area contributed by atoms with Gasteiger partial charge in [-0.15, -0.1) is 0 Å². The number of benzene rings is 1. The van der Waals surface area contributed by atoms with E-state index in [4.69, 9.17) is 13.9 Å². The summed E-state index contributed by atoms with van der Waals surface area (Å²) < 4.78 is 17.1. The predicted molar refractivity (Wildman–Crippen MR) is 85.2 cm³/mol. The summed E-state index contributed by atoms with van der Waals surface area (Å²) >= 11 is 0. The lowest BCUT2D eigenvalue weighted by Crippen LogP contribution is -2.44. The average Bonchev–Trinajstić information content (AvgIpc) is 3.24. The van der Waals surface area contributed by atoms with Crippen molar-refractivity contribution in [1.82, 2.24) is 5.32 Å². The number of carbonyl (C=O) groups is 1. The summed E-state index contributed by atoms with van der Waals surface area (Å²) in [6, 6.07) is 7.71. The number of nitrogens with one attached hydrogen (secondary N) is 1. The minimum absolute atomic E-state index is 0.0345. The summed E-state index contributed by atoms with van der Waals surface area (Å²) in [6.45, 7) is 2.33. The van der Waals surface area contributed by atoms with Gasteiger partial charge in [0.1, 0.15) is 5.58 Å². The van der Waals surface area contributed by atoms with Gasteiger partial charge >= 0.3 is 0 Å². The van der Waals surface area contributed by atoms with Crippen LogP contribution in [0.5, 0.6) is 5.75 Å². The molecule has 0 spiro atoms. The number of hydrogen-bond acceptors (Lipinski definition) is 4. The van der Waals surface area contributed by atoms with Gasteiger partial charge < -0.3 is 19.2 Å². The van der Waals surface area contributed by atoms with Gasteiger partial charge in [0.15, 0.2) is 11.5 Å². The van der Waals surface area contributed by atoms with Crippen molar-refractivity contribution >= 4 is 16.9 Å². The lowest BCUT2D eigenvalue weighted by atomic mass is 9.75. The number of hydrogen-bond donors (Lipinski definition) is 1. The molecule has 1 aromatic heterocycles. The van der Waals surface area contributed by atoms with E-state index in [1.807, 2.05) is 31.2 Å². The smallest absolute Gasteiger partial charge is 0.229 e. The topological polar surface area (TPSA) is 60.7 Å². The number of methoxy groups -OCH3 is 1. The van der Waals surface area contributed by atoms with Crippen LogP contribution in [0.1, 0.15) is 31.9 Å². The SMILES string of the molecule is COc1c(CNC(=O)C2(C)CC3CCC2O3)oc2ccccc12. The van der Waals surface area contributed by atoms with Gasteiger partial charge in [-0.05, 0) is 38.3 Å². The Bertz CT molecular complexity index is 753. The first-order valence-electron chi connectivity index (χ1n) is 8.10. The standard InChI is InChI=1S/C18H21NO4/c1-18(9-11-7-8-15(18)22-11)17(20)19-10-14-16(21-2)12-5-3-4-6-13(12)23-14/h3-6,11,15H,7-10H2,1-2H3,(H,19,20). The Kier molecular flexibility index (Phi) is 3.34. The van der Waals surface area contributed by atoms with Crippen molar-refractivity contribution in [2.75, 3.05) is 7.11 Å². The van der Waals surface area contributed by atoms with Crippen LogP contribution in [0.15, 0.2) is 28.7 Å². The highest BCUT2D eigenvalue weighted by molar-refractivity contribution is 5.86. The molecule has 23 heavy (non-hydrogen) atoms. The van der Waals surface area contributed by atoms with E-state index in [0.717, 1.165) is 30.2 Å². The molecule has 4 rings (SSSR count). The van der Waals surface area contributed by atoms with Crippen molar-refractivity contribution in [3.05, 3.63) is 30.0 Å². The van der Waals surface area contributed by atoms with E-state index in [2.05, 4.69) is 5.32 Å². The third-order valence-electron chi connectivity index (χ3n) is 5.22. The van der Waals surface area contributed by atoms with E-state index in [9.17, 15) is 4.79 Å². The largest absolute Gasteiger partial charge is 0.492 e. The number of furan rings is 1. The molecule has 3 unspecified atom stereocenters. The van der Waals surface area contributed by atoms with Crippen molar-refractivity contribution in [2.24, 2.45) is 5.41 Å². The molecule has 0 aliphatic carbocycles. The molecule has 1 N–H and O–H groups in total. The van der Waals surface area contributed by atoms with E-state index in [1.165, 1.54) is 0 Å². The van der Waals surface area contributed by atoms with Gasteiger partial charge in [0, 0.05) is 0 Å². The molecule has 5 heteroatoms. The molecule has 1 aromatic carbocycles. The van der Waals surface area contributed by atoms with Crippen LogP contribution >= 0.6 is 0 Å². The molecule has 5 nitrogen and oxygen atoms in total. The lowest BCUT2D eigenvalue weighted by molar-refractivity contribution is -0.133. The van der Waals surface area contributed by atoms with Gasteiger partial charge in [-0.25, -0.2) is 0 Å². The maximum absolute atomic E-state index is 12.7. The highest BCUT2D eigenvalue weighted by atomic mass is 16.5. The molecule has 2 aliphatic rings. The Morgan fingerprint density at radius 2 is 2.22 bits per heavy atom. The summed E-state index contributed by atoms with van der Waals surface area (Å²) in [6.07, 6.45) is 3.15. The predicted octanol–water partition coefficient (Wildman–Crippen LogP) is 3.02. The molecule has 2 fully saturated rings. The van der Waals surface area contributed by atoms with Gasteiger partial charge in [0.2, 0.25) is 5.91 Å². The molecule has 1 amide bonds. The van der Waals surface area contributed by atoms with Crippen LogP contribution < -0.4 is 10.1 Å². The highest BCUT2D eigenvalue weighted by Crippen LogP contribution is 2.47. The van der Waals surface area contributed by atoms with Crippen molar-refractivity contribution in [2.45, 2.75) is 44.9 Å². The summed E-state index contributed by atoms with van der Waals surface area (Å²) in [7, 11) is 1.62. The summed E-state index contributed by atoms with van der Waals surface area (Å²) in [5, 5.41) is 3.93. The van der Waals surface area contributed by atoms with Crippen molar-refractivity contribution in [3.8, 4) is 5.75 Å². The first-order valence-corrected chi connectivity index (χ1v) is 8.10. The zero-order valence-corrected chi connectivity index (χ0v) is 13.4. The van der Waals surface area contributed by atoms with Gasteiger partial charge in [-0.1, -0.05) is 12.1 Å². The molecule has 0 radical (unpaired) electrons. The van der Waals surface area contributed by atoms with E-state index in [1.54, 1.807) is 7.11 Å². The zero-order chi connectivity index (χ0) is 16.0. The molecule has 0 saturated carbocycles. The Hall–Kier alpha value is -2.01. The zero-order valence-electron chi connectivity index (χ0n) is 13.4. The molecule has 3 heterocycles. The molecule has 2 aromatic rings. The van der Waals surface area contributed by atoms with Crippen LogP contribution in [0.4, 0.5) is 0 Å². The molecule has 122 valence electrons. The number of ether oxygens (including phenoxy) is 2. The Morgan fingerprint density at radius 1 is 1.39 bits per heavy atom. The number of carbonyl (C=O) groups excluding carboxylic acids is 1. The van der Waals surface area contributed by atoms with E-state index >= 15 is 0 Å². The second-order valence-corrected chi connectivity index (χ2v) is 6.68. The van der Waals surface area contributed by atoms with Crippen LogP contribution in [0.25, 0.3) is 11.0 Å². The fourth-order valence-corrected chi connectivity index (χ4v) is 3.94. The van der Waals surface area contributed by atoms with Crippen LogP contribution in [-0.4, -0.2) is 25.2 Å². The summed E-state index contributed by atoms with van der Waals surface area (Å²) in [4.78, 5) is 12.7. The Balaban J connectivity index is 1.52. The summed E-state index contributed by atoms with van der Waals surface area (Å²) in [5.41, 5.74) is 0.338. The number of para-hydroxylation sites is 1. The lowest BCUT2D eigenvalue weighted by Gasteiger charge is -2.29. The third-order valence-corrected chi connectivity index (χ3v) is 5.22. The van der Waals surface area contributed by atoms with E-state index < -0.39 is 5.41 Å². The number of amides is 1. The van der Waals surface area contributed by atoms with Crippen LogP contribution in [0, 0.1) is 5.41 Å². The van der Waals surface area contributed by atoms with Gasteiger partial charge in [-0.2, -0.15) is 0 Å². The number of fused-ring (bicyclic) bond motifs is 3. The van der Waals surface area contributed by atoms with Crippen LogP contribution in [0.2, 0.25) is 0 Å².